The van der Waals surface area contributed by atoms with Crippen LogP contribution in [0.4, 0.5) is 0 Å². The van der Waals surface area contributed by atoms with E-state index in [2.05, 4.69) is 0 Å². The monoisotopic (exact) mass is 407 g/mol. The van der Waals surface area contributed by atoms with E-state index in [0.29, 0.717) is 12.0 Å². The van der Waals surface area contributed by atoms with Crippen LogP contribution in [0.2, 0.25) is 0 Å². The van der Waals surface area contributed by atoms with Crippen LogP contribution in [-0.4, -0.2) is 84.7 Å². The number of carbonyl (C=O) groups excluding carboxylic acids is 2. The molecular weight excluding hydrogens is 381 g/mol. The molecule has 0 unspecified atom stereocenters. The number of hydrogen-bond donors (Lipinski definition) is 3. The number of carboxylic acids is 1. The van der Waals surface area contributed by atoms with Crippen molar-refractivity contribution in [1.29, 1.82) is 0 Å². The van der Waals surface area contributed by atoms with Gasteiger partial charge in [0.15, 0.2) is 0 Å². The third-order valence-corrected chi connectivity index (χ3v) is 4.67. The molecule has 0 spiro atoms. The Balaban J connectivity index is 2.04. The van der Waals surface area contributed by atoms with Gasteiger partial charge in [0.25, 0.3) is 0 Å². The molecule has 2 amide bonds. The molecule has 1 atom stereocenters. The minimum absolute atomic E-state index is 0.0662. The van der Waals surface area contributed by atoms with Gasteiger partial charge in [-0.1, -0.05) is 13.0 Å². The lowest BCUT2D eigenvalue weighted by Crippen LogP contribution is -2.60. The first kappa shape index (κ1) is 22.5. The summed E-state index contributed by atoms with van der Waals surface area (Å²) >= 11 is 0. The molecule has 2 rings (SSSR count). The zero-order valence-corrected chi connectivity index (χ0v) is 16.8. The van der Waals surface area contributed by atoms with Gasteiger partial charge in [-0.2, -0.15) is 0 Å². The van der Waals surface area contributed by atoms with Crippen LogP contribution in [-0.2, 0) is 16.0 Å². The number of aryl methyl sites for hydroxylation is 1. The Morgan fingerprint density at radius 3 is 2.52 bits per heavy atom. The van der Waals surface area contributed by atoms with E-state index in [0.717, 1.165) is 0 Å². The highest BCUT2D eigenvalue weighted by Gasteiger charge is 2.36. The zero-order chi connectivity index (χ0) is 21.7. The second-order valence-corrected chi connectivity index (χ2v) is 6.94. The van der Waals surface area contributed by atoms with E-state index in [1.165, 1.54) is 9.80 Å². The quantitative estimate of drug-likeness (QED) is 0.442. The molecule has 1 saturated heterocycles. The van der Waals surface area contributed by atoms with Crippen molar-refractivity contribution in [2.24, 2.45) is 5.73 Å². The summed E-state index contributed by atoms with van der Waals surface area (Å²) in [5.74, 6) is -1.67. The lowest BCUT2D eigenvalue weighted by molar-refractivity contribution is -0.144. The van der Waals surface area contributed by atoms with Gasteiger partial charge in [0.05, 0.1) is 25.6 Å². The Morgan fingerprint density at radius 1 is 1.34 bits per heavy atom. The molecule has 0 aromatic heterocycles. The van der Waals surface area contributed by atoms with Gasteiger partial charge >= 0.3 is 13.7 Å². The highest BCUT2D eigenvalue weighted by atomic mass is 16.5. The normalized spacial score (nSPS) is 14.6. The van der Waals surface area contributed by atoms with Crippen molar-refractivity contribution in [3.05, 3.63) is 23.3 Å². The number of nitrogens with zero attached hydrogens (tertiary/aromatic N) is 2. The van der Waals surface area contributed by atoms with E-state index < -0.39 is 25.8 Å². The second kappa shape index (κ2) is 9.61. The molecule has 1 fully saturated rings. The van der Waals surface area contributed by atoms with Crippen molar-refractivity contribution in [3.63, 3.8) is 0 Å². The van der Waals surface area contributed by atoms with Crippen molar-refractivity contribution in [2.45, 2.75) is 31.9 Å². The van der Waals surface area contributed by atoms with Crippen LogP contribution in [0.5, 0.6) is 11.5 Å². The fourth-order valence-corrected chi connectivity index (χ4v) is 2.98. The molecule has 11 heteroatoms. The summed E-state index contributed by atoms with van der Waals surface area (Å²) in [6.07, 6.45) is 0.0194. The topological polar surface area (TPSA) is 143 Å². The van der Waals surface area contributed by atoms with Crippen LogP contribution in [0.15, 0.2) is 12.1 Å². The number of carboxylic acid groups (broad SMARTS) is 1. The van der Waals surface area contributed by atoms with Gasteiger partial charge in [0.1, 0.15) is 23.2 Å². The summed E-state index contributed by atoms with van der Waals surface area (Å²) in [5.41, 5.74) is 6.28. The lowest BCUT2D eigenvalue weighted by Gasteiger charge is -2.40. The minimum Gasteiger partial charge on any atom is -0.538 e. The van der Waals surface area contributed by atoms with Gasteiger partial charge in [0.2, 0.25) is 11.8 Å². The maximum Gasteiger partial charge on any atom is 0.504 e. The van der Waals surface area contributed by atoms with E-state index in [9.17, 15) is 19.5 Å². The summed E-state index contributed by atoms with van der Waals surface area (Å²) in [6.45, 7) is 2.30. The van der Waals surface area contributed by atoms with Crippen LogP contribution < -0.4 is 15.1 Å². The molecule has 29 heavy (non-hydrogen) atoms. The third kappa shape index (κ3) is 5.18. The molecule has 4 N–H and O–H groups in total. The first-order valence-electron chi connectivity index (χ1n) is 9.23. The van der Waals surface area contributed by atoms with Crippen molar-refractivity contribution >= 4 is 25.5 Å². The number of likely N-dealkylation sites (tertiary alicyclic amines) is 1. The van der Waals surface area contributed by atoms with Crippen molar-refractivity contribution in [2.75, 3.05) is 27.2 Å². The number of rotatable bonds is 9. The molecule has 0 saturated carbocycles. The van der Waals surface area contributed by atoms with Gasteiger partial charge < -0.3 is 35.1 Å². The van der Waals surface area contributed by atoms with Crippen LogP contribution >= 0.6 is 0 Å². The van der Waals surface area contributed by atoms with Crippen molar-refractivity contribution < 1.29 is 33.9 Å². The first-order valence-corrected chi connectivity index (χ1v) is 9.23. The predicted molar refractivity (Wildman–Crippen MR) is 105 cm³/mol. The largest absolute Gasteiger partial charge is 0.538 e. The second-order valence-electron chi connectivity index (χ2n) is 6.94. The van der Waals surface area contributed by atoms with Crippen LogP contribution in [0.1, 0.15) is 29.3 Å². The fraction of sp³-hybridized carbons (Fsp3) is 0.500. The third-order valence-electron chi connectivity index (χ3n) is 4.67. The van der Waals surface area contributed by atoms with Gasteiger partial charge in [-0.25, -0.2) is 4.79 Å². The highest BCUT2D eigenvalue weighted by molar-refractivity contribution is 6.18. The number of ether oxygens (including phenoxy) is 1. The Morgan fingerprint density at radius 2 is 2.00 bits per heavy atom. The number of amides is 2. The fourth-order valence-electron chi connectivity index (χ4n) is 2.98. The first-order chi connectivity index (χ1) is 13.7. The summed E-state index contributed by atoms with van der Waals surface area (Å²) in [6, 6.07) is 2.28. The number of carbonyl (C=O) groups is 3. The molecule has 1 aromatic carbocycles. The molecule has 1 aromatic rings. The van der Waals surface area contributed by atoms with Gasteiger partial charge in [0, 0.05) is 14.1 Å². The SMILES string of the molecule is CCc1ccc(OC2CN(C(=O)[C@H](N)CC(=O)N(C)C)C2)c(C(=O)O)c1OBO. The van der Waals surface area contributed by atoms with Crippen LogP contribution in [0, 0.1) is 0 Å². The Bertz CT molecular complexity index is 781. The Labute approximate surface area is 169 Å². The van der Waals surface area contributed by atoms with Crippen LogP contribution in [0.3, 0.4) is 0 Å². The number of benzene rings is 1. The Kier molecular flexibility index (Phi) is 7.46. The van der Waals surface area contributed by atoms with E-state index in [1.54, 1.807) is 26.2 Å². The number of aromatic carboxylic acids is 1. The molecule has 1 heterocycles. The molecule has 0 bridgehead atoms. The molecular formula is C18H26BN3O7. The summed E-state index contributed by atoms with van der Waals surface area (Å²) < 4.78 is 10.9. The van der Waals surface area contributed by atoms with Gasteiger partial charge in [-0.05, 0) is 18.1 Å². The maximum absolute atomic E-state index is 12.3. The van der Waals surface area contributed by atoms with E-state index >= 15 is 0 Å². The summed E-state index contributed by atoms with van der Waals surface area (Å²) in [7, 11) is 2.52. The number of nitrogens with two attached hydrogens (primary N) is 1. The molecule has 1 aliphatic rings. The molecule has 158 valence electrons. The van der Waals surface area contributed by atoms with Crippen molar-refractivity contribution in [3.8, 4) is 11.5 Å². The highest BCUT2D eigenvalue weighted by Crippen LogP contribution is 2.34. The summed E-state index contributed by atoms with van der Waals surface area (Å²) in [5, 5.41) is 18.7. The van der Waals surface area contributed by atoms with Crippen LogP contribution in [0.25, 0.3) is 0 Å². The average Bonchev–Trinajstić information content (AvgIpc) is 2.63. The molecule has 10 nitrogen and oxygen atoms in total. The maximum atomic E-state index is 12.3. The average molecular weight is 407 g/mol. The lowest BCUT2D eigenvalue weighted by atomic mass is 10.0. The number of hydrogen-bond acceptors (Lipinski definition) is 7. The standard InChI is InChI=1S/C18H26BN3O7/c1-4-10-5-6-13(15(18(25)26)16(10)29-19-27)28-11-8-22(9-11)17(24)12(20)7-14(23)21(2)3/h5-6,11-12,19,27H,4,7-9,20H2,1-3H3,(H,25,26)/t12-/m1/s1. The minimum atomic E-state index is -1.24. The van der Waals surface area contributed by atoms with E-state index in [1.807, 2.05) is 6.92 Å². The van der Waals surface area contributed by atoms with Gasteiger partial charge in [-0.15, -0.1) is 0 Å². The van der Waals surface area contributed by atoms with E-state index in [-0.39, 0.29) is 48.4 Å². The molecule has 0 aliphatic carbocycles. The predicted octanol–water partition coefficient (Wildman–Crippen LogP) is -1.02. The molecule has 0 radical (unpaired) electrons. The smallest absolute Gasteiger partial charge is 0.504 e. The van der Waals surface area contributed by atoms with Crippen molar-refractivity contribution in [1.82, 2.24) is 9.80 Å². The zero-order valence-electron chi connectivity index (χ0n) is 16.8. The van der Waals surface area contributed by atoms with Gasteiger partial charge in [-0.3, -0.25) is 9.59 Å². The summed E-state index contributed by atoms with van der Waals surface area (Å²) in [4.78, 5) is 38.6. The van der Waals surface area contributed by atoms with E-state index in [4.69, 9.17) is 20.1 Å². The Hall–Kier alpha value is -2.79. The molecule has 1 aliphatic heterocycles.